The summed E-state index contributed by atoms with van der Waals surface area (Å²) >= 11 is 14.2. The molecule has 0 unspecified atom stereocenters. The third-order valence-electron chi connectivity index (χ3n) is 5.66. The van der Waals surface area contributed by atoms with Gasteiger partial charge in [-0.05, 0) is 93.9 Å². The van der Waals surface area contributed by atoms with E-state index in [1.807, 2.05) is 42.5 Å². The molecule has 40 heavy (non-hydrogen) atoms. The third-order valence-corrected chi connectivity index (χ3v) is 7.20. The predicted octanol–water partition coefficient (Wildman–Crippen LogP) is 8.31. The second-order valence-electron chi connectivity index (χ2n) is 8.49. The zero-order valence-electron chi connectivity index (χ0n) is 21.3. The van der Waals surface area contributed by atoms with Crippen LogP contribution in [0.3, 0.4) is 0 Å². The van der Waals surface area contributed by atoms with Crippen molar-refractivity contribution in [3.8, 4) is 23.3 Å². The molecule has 6 nitrogen and oxygen atoms in total. The van der Waals surface area contributed by atoms with Crippen LogP contribution < -0.4 is 19.5 Å². The summed E-state index contributed by atoms with van der Waals surface area (Å²) in [5.41, 5.74) is 2.99. The molecule has 1 amide bonds. The Balaban J connectivity index is 1.42. The molecule has 1 N–H and O–H groups in total. The first-order valence-corrected chi connectivity index (χ1v) is 13.8. The summed E-state index contributed by atoms with van der Waals surface area (Å²) in [6.07, 6.45) is 1.50. The van der Waals surface area contributed by atoms with E-state index in [0.717, 1.165) is 14.7 Å². The number of hydrogen-bond acceptors (Lipinski definition) is 5. The summed E-state index contributed by atoms with van der Waals surface area (Å²) in [6.45, 7) is 0.690. The highest BCUT2D eigenvalue weighted by molar-refractivity contribution is 14.1. The van der Waals surface area contributed by atoms with E-state index in [1.54, 1.807) is 48.5 Å². The van der Waals surface area contributed by atoms with Crippen molar-refractivity contribution in [3.63, 3.8) is 0 Å². The van der Waals surface area contributed by atoms with Gasteiger partial charge in [0, 0.05) is 5.69 Å². The molecule has 0 saturated heterocycles. The molecule has 0 aromatic heterocycles. The molecule has 202 valence electrons. The van der Waals surface area contributed by atoms with E-state index in [9.17, 15) is 10.1 Å². The van der Waals surface area contributed by atoms with Crippen molar-refractivity contribution >= 4 is 63.5 Å². The van der Waals surface area contributed by atoms with E-state index in [0.29, 0.717) is 45.2 Å². The molecular formula is C31H23Cl2IN2O4. The fourth-order valence-corrected chi connectivity index (χ4v) is 4.74. The lowest BCUT2D eigenvalue weighted by Gasteiger charge is -2.14. The monoisotopic (exact) mass is 684 g/mol. The van der Waals surface area contributed by atoms with E-state index < -0.39 is 5.91 Å². The summed E-state index contributed by atoms with van der Waals surface area (Å²) in [6, 6.07) is 27.6. The van der Waals surface area contributed by atoms with Crippen LogP contribution in [-0.4, -0.2) is 13.0 Å². The van der Waals surface area contributed by atoms with Crippen molar-refractivity contribution in [2.75, 3.05) is 12.4 Å². The second-order valence-corrected chi connectivity index (χ2v) is 10.5. The lowest BCUT2D eigenvalue weighted by atomic mass is 10.1. The predicted molar refractivity (Wildman–Crippen MR) is 166 cm³/mol. The first-order chi connectivity index (χ1) is 19.4. The van der Waals surface area contributed by atoms with E-state index >= 15 is 0 Å². The van der Waals surface area contributed by atoms with Gasteiger partial charge in [0.1, 0.15) is 30.6 Å². The number of rotatable bonds is 10. The van der Waals surface area contributed by atoms with E-state index in [2.05, 4.69) is 27.9 Å². The Morgan fingerprint density at radius 3 is 2.33 bits per heavy atom. The van der Waals surface area contributed by atoms with E-state index in [1.165, 1.54) is 13.2 Å². The Morgan fingerprint density at radius 2 is 1.65 bits per heavy atom. The molecule has 0 aliphatic carbocycles. The van der Waals surface area contributed by atoms with E-state index in [-0.39, 0.29) is 12.2 Å². The normalized spacial score (nSPS) is 10.9. The van der Waals surface area contributed by atoms with Crippen molar-refractivity contribution in [3.05, 3.63) is 121 Å². The van der Waals surface area contributed by atoms with Gasteiger partial charge >= 0.3 is 0 Å². The van der Waals surface area contributed by atoms with Crippen molar-refractivity contribution in [2.24, 2.45) is 0 Å². The number of nitrogens with one attached hydrogen (secondary N) is 1. The molecular weight excluding hydrogens is 662 g/mol. The molecule has 4 rings (SSSR count). The number of ether oxygens (including phenoxy) is 3. The van der Waals surface area contributed by atoms with Crippen LogP contribution in [0, 0.1) is 14.9 Å². The van der Waals surface area contributed by atoms with Crippen LogP contribution in [0.1, 0.15) is 16.7 Å². The number of halogens is 3. The lowest BCUT2D eigenvalue weighted by molar-refractivity contribution is -0.112. The van der Waals surface area contributed by atoms with E-state index in [4.69, 9.17) is 37.4 Å². The number of carbonyl (C=O) groups excluding carboxylic acids is 1. The smallest absolute Gasteiger partial charge is 0.266 e. The minimum absolute atomic E-state index is 0.0632. The zero-order chi connectivity index (χ0) is 28.5. The van der Waals surface area contributed by atoms with Gasteiger partial charge < -0.3 is 19.5 Å². The number of nitriles is 1. The van der Waals surface area contributed by atoms with Crippen LogP contribution in [0.4, 0.5) is 5.69 Å². The van der Waals surface area contributed by atoms with Crippen LogP contribution in [0.2, 0.25) is 10.0 Å². The quantitative estimate of drug-likeness (QED) is 0.103. The minimum atomic E-state index is -0.533. The molecule has 0 spiro atoms. The number of hydrogen-bond donors (Lipinski definition) is 1. The van der Waals surface area contributed by atoms with Gasteiger partial charge in [-0.3, -0.25) is 4.79 Å². The molecule has 9 heteroatoms. The summed E-state index contributed by atoms with van der Waals surface area (Å²) < 4.78 is 18.0. The number of carbonyl (C=O) groups is 1. The largest absolute Gasteiger partial charge is 0.493 e. The lowest BCUT2D eigenvalue weighted by Crippen LogP contribution is -2.13. The van der Waals surface area contributed by atoms with Gasteiger partial charge in [-0.25, -0.2) is 0 Å². The summed E-state index contributed by atoms with van der Waals surface area (Å²) in [5.74, 6) is 1.13. The maximum absolute atomic E-state index is 12.8. The van der Waals surface area contributed by atoms with Gasteiger partial charge in [-0.1, -0.05) is 59.6 Å². The van der Waals surface area contributed by atoms with Gasteiger partial charge in [0.2, 0.25) is 0 Å². The number of amides is 1. The molecule has 0 saturated carbocycles. The Morgan fingerprint density at radius 1 is 0.925 bits per heavy atom. The van der Waals surface area contributed by atoms with Gasteiger partial charge in [0.25, 0.3) is 5.91 Å². The molecule has 0 heterocycles. The summed E-state index contributed by atoms with van der Waals surface area (Å²) in [4.78, 5) is 12.8. The molecule has 0 radical (unpaired) electrons. The van der Waals surface area contributed by atoms with Gasteiger partial charge in [-0.2, -0.15) is 5.26 Å². The first-order valence-electron chi connectivity index (χ1n) is 12.0. The van der Waals surface area contributed by atoms with Crippen LogP contribution in [0.5, 0.6) is 17.2 Å². The number of anilines is 1. The highest BCUT2D eigenvalue weighted by atomic mass is 127. The third kappa shape index (κ3) is 7.92. The highest BCUT2D eigenvalue weighted by Gasteiger charge is 2.15. The maximum Gasteiger partial charge on any atom is 0.266 e. The average Bonchev–Trinajstić information content (AvgIpc) is 2.97. The van der Waals surface area contributed by atoms with Crippen molar-refractivity contribution in [2.45, 2.75) is 13.2 Å². The fourth-order valence-electron chi connectivity index (χ4n) is 3.64. The fraction of sp³-hybridized carbons (Fsp3) is 0.0968. The van der Waals surface area contributed by atoms with Crippen LogP contribution in [0.25, 0.3) is 6.08 Å². The molecule has 0 aliphatic heterocycles. The molecule has 0 bridgehead atoms. The Hall–Kier alpha value is -3.71. The summed E-state index contributed by atoms with van der Waals surface area (Å²) in [7, 11) is 1.52. The van der Waals surface area contributed by atoms with Gasteiger partial charge in [0.15, 0.2) is 11.5 Å². The van der Waals surface area contributed by atoms with Crippen molar-refractivity contribution in [1.29, 1.82) is 5.26 Å². The first kappa shape index (κ1) is 29.3. The minimum Gasteiger partial charge on any atom is -0.493 e. The summed E-state index contributed by atoms with van der Waals surface area (Å²) in [5, 5.41) is 13.3. The van der Waals surface area contributed by atoms with Gasteiger partial charge in [-0.15, -0.1) is 0 Å². The molecule has 0 fully saturated rings. The van der Waals surface area contributed by atoms with Crippen LogP contribution in [0.15, 0.2) is 90.5 Å². The van der Waals surface area contributed by atoms with Gasteiger partial charge in [0.05, 0.1) is 20.7 Å². The Kier molecular flexibility index (Phi) is 10.3. The topological polar surface area (TPSA) is 80.6 Å². The number of benzene rings is 4. The number of nitrogens with zero attached hydrogens (tertiary/aromatic N) is 1. The SMILES string of the molecule is COc1cc(/C=C(\C#N)C(=O)Nc2ccc(OCc3ccccc3)cc2)cc(I)c1OCc1ccc(Cl)c(Cl)c1. The van der Waals surface area contributed by atoms with Crippen molar-refractivity contribution in [1.82, 2.24) is 0 Å². The molecule has 4 aromatic rings. The average molecular weight is 685 g/mol. The number of methoxy groups -OCH3 is 1. The molecule has 0 aliphatic rings. The Bertz CT molecular complexity index is 1570. The highest BCUT2D eigenvalue weighted by Crippen LogP contribution is 2.35. The zero-order valence-corrected chi connectivity index (χ0v) is 25.0. The molecule has 4 aromatic carbocycles. The standard InChI is InChI=1S/C31H23Cl2IN2O4/c1-38-29-16-22(15-28(34)30(29)40-19-21-7-12-26(32)27(33)14-21)13-23(17-35)31(37)36-24-8-10-25(11-9-24)39-18-20-5-3-2-4-6-20/h2-16H,18-19H2,1H3,(H,36,37)/b23-13+. The van der Waals surface area contributed by atoms with Crippen molar-refractivity contribution < 1.29 is 19.0 Å². The Labute approximate surface area is 256 Å². The second kappa shape index (κ2) is 14.1. The maximum atomic E-state index is 12.8. The van der Waals surface area contributed by atoms with Crippen LogP contribution in [-0.2, 0) is 18.0 Å². The molecule has 0 atom stereocenters. The van der Waals surface area contributed by atoms with Crippen LogP contribution >= 0.6 is 45.8 Å².